The molecule has 2 rings (SSSR count). The van der Waals surface area contributed by atoms with Crippen molar-refractivity contribution in [3.63, 3.8) is 0 Å². The molecule has 108 valence electrons. The molecule has 1 unspecified atom stereocenters. The van der Waals surface area contributed by atoms with Crippen molar-refractivity contribution in [3.8, 4) is 0 Å². The van der Waals surface area contributed by atoms with E-state index in [4.69, 9.17) is 0 Å². The van der Waals surface area contributed by atoms with Crippen LogP contribution >= 0.6 is 0 Å². The molecule has 1 heterocycles. The summed E-state index contributed by atoms with van der Waals surface area (Å²) in [6.45, 7) is -0.125. The Bertz CT molecular complexity index is 511. The minimum absolute atomic E-state index is 0.248. The van der Waals surface area contributed by atoms with Crippen LogP contribution in [0.25, 0.3) is 0 Å². The molecule has 0 bridgehead atoms. The second-order valence-electron chi connectivity index (χ2n) is 4.83. The van der Waals surface area contributed by atoms with Gasteiger partial charge in [-0.15, -0.1) is 0 Å². The number of hydrogen-bond donors (Lipinski definition) is 1. The van der Waals surface area contributed by atoms with E-state index in [1.807, 2.05) is 18.2 Å². The predicted molar refractivity (Wildman–Crippen MR) is 74.5 cm³/mol. The molecule has 0 radical (unpaired) electrons. The van der Waals surface area contributed by atoms with Crippen molar-refractivity contribution < 1.29 is 8.78 Å². The molecule has 5 heteroatoms. The Kier molecular flexibility index (Phi) is 5.24. The van der Waals surface area contributed by atoms with E-state index in [2.05, 4.69) is 29.4 Å². The van der Waals surface area contributed by atoms with Gasteiger partial charge in [-0.25, -0.2) is 4.98 Å². The van der Waals surface area contributed by atoms with Crippen LogP contribution in [0.4, 0.5) is 8.78 Å². The average molecular weight is 279 g/mol. The largest absolute Gasteiger partial charge is 0.319 e. The lowest BCUT2D eigenvalue weighted by molar-refractivity contribution is 0.0665. The summed E-state index contributed by atoms with van der Waals surface area (Å²) in [6.07, 6.45) is 4.63. The minimum Gasteiger partial charge on any atom is -0.307 e. The zero-order valence-corrected chi connectivity index (χ0v) is 11.5. The maximum absolute atomic E-state index is 12.6. The fraction of sp³-hybridized carbons (Fsp3) is 0.400. The summed E-state index contributed by atoms with van der Waals surface area (Å²) >= 11 is 0. The number of rotatable bonds is 7. The van der Waals surface area contributed by atoms with Gasteiger partial charge in [-0.2, -0.15) is 8.78 Å². The standard InChI is InChI=1S/C15H19F2N3/c1-12(7-8-13-5-3-2-4-6-13)19-11-14-18-9-10-20(14)15(16)17/h2-6,9-10,12,15,19H,7-8,11H2,1H3. The normalized spacial score (nSPS) is 12.8. The Morgan fingerprint density at radius 1 is 1.25 bits per heavy atom. The lowest BCUT2D eigenvalue weighted by Crippen LogP contribution is -2.27. The number of halogens is 2. The van der Waals surface area contributed by atoms with Gasteiger partial charge in [0, 0.05) is 18.4 Å². The maximum atomic E-state index is 12.6. The SMILES string of the molecule is CC(CCc1ccccc1)NCc1nccn1C(F)F. The van der Waals surface area contributed by atoms with E-state index in [1.54, 1.807) is 0 Å². The monoisotopic (exact) mass is 279 g/mol. The van der Waals surface area contributed by atoms with Gasteiger partial charge in [0.1, 0.15) is 5.82 Å². The molecule has 0 fully saturated rings. The van der Waals surface area contributed by atoms with E-state index in [0.717, 1.165) is 17.4 Å². The highest BCUT2D eigenvalue weighted by Crippen LogP contribution is 2.12. The molecule has 3 nitrogen and oxygen atoms in total. The van der Waals surface area contributed by atoms with E-state index >= 15 is 0 Å². The first-order valence-corrected chi connectivity index (χ1v) is 6.74. The van der Waals surface area contributed by atoms with Crippen molar-refractivity contribution in [1.82, 2.24) is 14.9 Å². The summed E-state index contributed by atoms with van der Waals surface area (Å²) in [5.74, 6) is 0.367. The molecule has 20 heavy (non-hydrogen) atoms. The number of nitrogens with zero attached hydrogens (tertiary/aromatic N) is 2. The van der Waals surface area contributed by atoms with E-state index in [1.165, 1.54) is 18.0 Å². The Balaban J connectivity index is 1.77. The second kappa shape index (κ2) is 7.14. The van der Waals surface area contributed by atoms with E-state index in [9.17, 15) is 8.78 Å². The highest BCUT2D eigenvalue weighted by molar-refractivity contribution is 5.14. The molecule has 0 amide bonds. The summed E-state index contributed by atoms with van der Waals surface area (Å²) in [6, 6.07) is 10.5. The highest BCUT2D eigenvalue weighted by Gasteiger charge is 2.11. The van der Waals surface area contributed by atoms with Crippen LogP contribution in [-0.2, 0) is 13.0 Å². The molecule has 2 aromatic rings. The first kappa shape index (κ1) is 14.7. The summed E-state index contributed by atoms with van der Waals surface area (Å²) in [5.41, 5.74) is 1.29. The quantitative estimate of drug-likeness (QED) is 0.842. The molecule has 0 spiro atoms. The van der Waals surface area contributed by atoms with Crippen molar-refractivity contribution in [2.24, 2.45) is 0 Å². The molecule has 0 saturated heterocycles. The maximum Gasteiger partial charge on any atom is 0.319 e. The third-order valence-corrected chi connectivity index (χ3v) is 3.28. The van der Waals surface area contributed by atoms with Crippen LogP contribution in [0, 0.1) is 0 Å². The van der Waals surface area contributed by atoms with E-state index in [0.29, 0.717) is 12.4 Å². The molecule has 0 aliphatic carbocycles. The summed E-state index contributed by atoms with van der Waals surface area (Å²) in [7, 11) is 0. The second-order valence-corrected chi connectivity index (χ2v) is 4.83. The van der Waals surface area contributed by atoms with Gasteiger partial charge in [0.05, 0.1) is 6.54 Å². The number of aromatic nitrogens is 2. The molecular formula is C15H19F2N3. The van der Waals surface area contributed by atoms with Crippen LogP contribution in [0.5, 0.6) is 0 Å². The molecule has 0 saturated carbocycles. The molecule has 1 aromatic heterocycles. The van der Waals surface area contributed by atoms with Gasteiger partial charge in [-0.3, -0.25) is 4.57 Å². The van der Waals surface area contributed by atoms with Crippen LogP contribution in [0.2, 0.25) is 0 Å². The third kappa shape index (κ3) is 4.13. The third-order valence-electron chi connectivity index (χ3n) is 3.28. The molecule has 0 aliphatic heterocycles. The molecule has 1 N–H and O–H groups in total. The van der Waals surface area contributed by atoms with Crippen LogP contribution < -0.4 is 5.32 Å². The lowest BCUT2D eigenvalue weighted by atomic mass is 10.1. The number of aryl methyl sites for hydroxylation is 1. The van der Waals surface area contributed by atoms with Crippen molar-refractivity contribution in [2.45, 2.75) is 38.9 Å². The zero-order valence-electron chi connectivity index (χ0n) is 11.5. The van der Waals surface area contributed by atoms with Crippen LogP contribution in [0.15, 0.2) is 42.7 Å². The van der Waals surface area contributed by atoms with Gasteiger partial charge in [-0.1, -0.05) is 30.3 Å². The van der Waals surface area contributed by atoms with Crippen molar-refractivity contribution in [2.75, 3.05) is 0 Å². The van der Waals surface area contributed by atoms with Crippen LogP contribution in [0.3, 0.4) is 0 Å². The predicted octanol–water partition coefficient (Wildman–Crippen LogP) is 3.39. The number of benzene rings is 1. The van der Waals surface area contributed by atoms with Crippen molar-refractivity contribution in [1.29, 1.82) is 0 Å². The minimum atomic E-state index is -2.53. The van der Waals surface area contributed by atoms with Gasteiger partial charge in [0.25, 0.3) is 0 Å². The number of hydrogen-bond acceptors (Lipinski definition) is 2. The van der Waals surface area contributed by atoms with E-state index < -0.39 is 6.55 Å². The molecule has 1 aromatic carbocycles. The Morgan fingerprint density at radius 3 is 2.70 bits per heavy atom. The summed E-state index contributed by atoms with van der Waals surface area (Å²) in [5, 5.41) is 3.23. The first-order chi connectivity index (χ1) is 9.66. The summed E-state index contributed by atoms with van der Waals surface area (Å²) < 4.78 is 26.2. The number of alkyl halides is 2. The van der Waals surface area contributed by atoms with Gasteiger partial charge < -0.3 is 5.32 Å². The van der Waals surface area contributed by atoms with Crippen molar-refractivity contribution in [3.05, 3.63) is 54.1 Å². The number of nitrogens with one attached hydrogen (secondary N) is 1. The number of imidazole rings is 1. The van der Waals surface area contributed by atoms with Gasteiger partial charge >= 0.3 is 6.55 Å². The lowest BCUT2D eigenvalue weighted by Gasteiger charge is -2.14. The summed E-state index contributed by atoms with van der Waals surface area (Å²) in [4.78, 5) is 3.95. The average Bonchev–Trinajstić information content (AvgIpc) is 2.92. The van der Waals surface area contributed by atoms with Gasteiger partial charge in [0.2, 0.25) is 0 Å². The Labute approximate surface area is 117 Å². The van der Waals surface area contributed by atoms with E-state index in [-0.39, 0.29) is 6.04 Å². The smallest absolute Gasteiger partial charge is 0.307 e. The first-order valence-electron chi connectivity index (χ1n) is 6.74. The fourth-order valence-corrected chi connectivity index (χ4v) is 2.05. The van der Waals surface area contributed by atoms with Crippen LogP contribution in [0.1, 0.15) is 31.3 Å². The van der Waals surface area contributed by atoms with Crippen molar-refractivity contribution >= 4 is 0 Å². The molecule has 0 aliphatic rings. The zero-order chi connectivity index (χ0) is 14.4. The van der Waals surface area contributed by atoms with Gasteiger partial charge in [-0.05, 0) is 25.3 Å². The van der Waals surface area contributed by atoms with Crippen LogP contribution in [-0.4, -0.2) is 15.6 Å². The Hall–Kier alpha value is -1.75. The topological polar surface area (TPSA) is 29.9 Å². The highest BCUT2D eigenvalue weighted by atomic mass is 19.3. The fourth-order valence-electron chi connectivity index (χ4n) is 2.05. The van der Waals surface area contributed by atoms with Gasteiger partial charge in [0.15, 0.2) is 0 Å². The molecule has 1 atom stereocenters. The molecular weight excluding hydrogens is 260 g/mol. The Morgan fingerprint density at radius 2 is 2.00 bits per heavy atom.